The van der Waals surface area contributed by atoms with Gasteiger partial charge in [0.05, 0.1) is 11.3 Å². The number of nitrogens with one attached hydrogen (secondary N) is 1. The molecule has 154 valence electrons. The van der Waals surface area contributed by atoms with Crippen molar-refractivity contribution in [3.05, 3.63) is 42.0 Å². The zero-order valence-electron chi connectivity index (χ0n) is 13.8. The van der Waals surface area contributed by atoms with E-state index < -0.39 is 38.1 Å². The molecule has 14 heteroatoms. The number of anilines is 2. The van der Waals surface area contributed by atoms with Crippen LogP contribution in [0.2, 0.25) is 0 Å². The Morgan fingerprint density at radius 1 is 1.28 bits per heavy atom. The van der Waals surface area contributed by atoms with Gasteiger partial charge in [0.15, 0.2) is 16.0 Å². The van der Waals surface area contributed by atoms with Gasteiger partial charge in [0.2, 0.25) is 5.09 Å². The maximum Gasteiger partial charge on any atom is 0.416 e. The predicted molar refractivity (Wildman–Crippen MR) is 106 cm³/mol. The highest BCUT2D eigenvalue weighted by Gasteiger charge is 2.41. The van der Waals surface area contributed by atoms with E-state index in [1.807, 2.05) is 0 Å². The van der Waals surface area contributed by atoms with Crippen molar-refractivity contribution in [3.63, 3.8) is 0 Å². The van der Waals surface area contributed by atoms with Gasteiger partial charge in [-0.3, -0.25) is 9.69 Å². The third-order valence-corrected chi connectivity index (χ3v) is 6.32. The normalized spacial score (nSPS) is 17.7. The van der Waals surface area contributed by atoms with E-state index in [9.17, 15) is 30.9 Å². The molecule has 1 unspecified atom stereocenters. The van der Waals surface area contributed by atoms with Crippen molar-refractivity contribution in [2.75, 3.05) is 10.2 Å². The highest BCUT2D eigenvalue weighted by molar-refractivity contribution is 8.25. The summed E-state index contributed by atoms with van der Waals surface area (Å²) in [5.41, 5.74) is -1.01. The third kappa shape index (κ3) is 4.61. The average molecular weight is 482 g/mol. The summed E-state index contributed by atoms with van der Waals surface area (Å²) in [5.74, 6) is -0.874. The molecule has 1 aliphatic heterocycles. The molecule has 1 aromatic carbocycles. The molecule has 1 saturated heterocycles. The Balaban J connectivity index is 1.80. The fourth-order valence-electron chi connectivity index (χ4n) is 2.34. The van der Waals surface area contributed by atoms with Crippen LogP contribution in [0.4, 0.5) is 24.7 Å². The summed E-state index contributed by atoms with van der Waals surface area (Å²) < 4.78 is 76.3. The molecule has 7 nitrogen and oxygen atoms in total. The van der Waals surface area contributed by atoms with E-state index in [1.165, 1.54) is 6.07 Å². The van der Waals surface area contributed by atoms with Crippen LogP contribution in [0.1, 0.15) is 5.56 Å². The Bertz CT molecular complexity index is 1110. The largest absolute Gasteiger partial charge is 0.742 e. The van der Waals surface area contributed by atoms with Gasteiger partial charge in [-0.25, -0.2) is 8.42 Å². The summed E-state index contributed by atoms with van der Waals surface area (Å²) in [7, 11) is -4.81. The lowest BCUT2D eigenvalue weighted by atomic mass is 10.2. The monoisotopic (exact) mass is 481 g/mol. The first-order valence-electron chi connectivity index (χ1n) is 7.46. The second-order valence-electron chi connectivity index (χ2n) is 5.55. The second-order valence-corrected chi connectivity index (χ2v) is 9.04. The lowest BCUT2D eigenvalue weighted by molar-refractivity contribution is -0.137. The van der Waals surface area contributed by atoms with Crippen LogP contribution in [0, 0.1) is 0 Å². The number of alkyl halides is 3. The van der Waals surface area contributed by atoms with Gasteiger partial charge in [0.25, 0.3) is 5.91 Å². The van der Waals surface area contributed by atoms with Crippen LogP contribution in [0.15, 0.2) is 45.9 Å². The van der Waals surface area contributed by atoms with E-state index in [0.717, 1.165) is 47.0 Å². The number of hydrogen-bond acceptors (Lipinski definition) is 8. The number of hydrogen-bond donors (Lipinski definition) is 1. The van der Waals surface area contributed by atoms with E-state index in [0.29, 0.717) is 0 Å². The molecular formula is C15H8F3N2O5S4-. The van der Waals surface area contributed by atoms with E-state index in [1.54, 1.807) is 0 Å². The number of thioether (sulfide) groups is 1. The number of nitrogens with zero attached hydrogens (tertiary/aromatic N) is 1. The lowest BCUT2D eigenvalue weighted by Gasteiger charge is -2.17. The van der Waals surface area contributed by atoms with Crippen LogP contribution in [0.5, 0.6) is 0 Å². The molecule has 1 fully saturated rings. The molecule has 1 amide bonds. The van der Waals surface area contributed by atoms with Crippen LogP contribution in [0.25, 0.3) is 0 Å². The SMILES string of the molecule is O=C1C(C(=S)Nc2ccc(S(=O)(=O)[O-])o2)SC(=S)N1c1cccc(C(F)(F)F)c1. The predicted octanol–water partition coefficient (Wildman–Crippen LogP) is 3.38. The number of thiocarbonyl (C=S) groups is 2. The first-order chi connectivity index (χ1) is 13.4. The number of amides is 1. The summed E-state index contributed by atoms with van der Waals surface area (Å²) >= 11 is 11.0. The minimum Gasteiger partial charge on any atom is -0.742 e. The van der Waals surface area contributed by atoms with E-state index in [4.69, 9.17) is 28.9 Å². The Hall–Kier alpha value is -2.00. The highest BCUT2D eigenvalue weighted by Crippen LogP contribution is 2.36. The van der Waals surface area contributed by atoms with Crippen molar-refractivity contribution in [2.24, 2.45) is 0 Å². The van der Waals surface area contributed by atoms with Gasteiger partial charge in [-0.15, -0.1) is 0 Å². The number of furan rings is 1. The Morgan fingerprint density at radius 3 is 2.55 bits per heavy atom. The fourth-order valence-corrected chi connectivity index (χ4v) is 4.47. The van der Waals surface area contributed by atoms with Gasteiger partial charge >= 0.3 is 6.18 Å². The number of carbonyl (C=O) groups excluding carboxylic acids is 1. The Labute approximate surface area is 177 Å². The topological polar surface area (TPSA) is 103 Å². The quantitative estimate of drug-likeness (QED) is 0.520. The summed E-state index contributed by atoms with van der Waals surface area (Å²) in [6.45, 7) is 0. The highest BCUT2D eigenvalue weighted by atomic mass is 32.2. The first-order valence-corrected chi connectivity index (χ1v) is 10.6. The number of halogens is 3. The Morgan fingerprint density at radius 2 is 1.97 bits per heavy atom. The smallest absolute Gasteiger partial charge is 0.416 e. The summed E-state index contributed by atoms with van der Waals surface area (Å²) in [5, 5.41) is 0.571. The molecular weight excluding hydrogens is 473 g/mol. The van der Waals surface area contributed by atoms with Crippen LogP contribution >= 0.6 is 36.2 Å². The minimum atomic E-state index is -4.81. The van der Waals surface area contributed by atoms with Crippen molar-refractivity contribution >= 4 is 73.1 Å². The summed E-state index contributed by atoms with van der Waals surface area (Å²) in [6, 6.07) is 6.15. The molecule has 3 rings (SSSR count). The minimum absolute atomic E-state index is 0.00857. The van der Waals surface area contributed by atoms with E-state index in [2.05, 4.69) is 5.32 Å². The number of benzene rings is 1. The van der Waals surface area contributed by atoms with Gasteiger partial charge in [-0.05, 0) is 24.3 Å². The zero-order chi connectivity index (χ0) is 21.6. The summed E-state index contributed by atoms with van der Waals surface area (Å²) in [6.07, 6.45) is -4.59. The molecule has 29 heavy (non-hydrogen) atoms. The molecule has 0 bridgehead atoms. The van der Waals surface area contributed by atoms with Crippen molar-refractivity contribution < 1.29 is 35.4 Å². The maximum absolute atomic E-state index is 12.9. The van der Waals surface area contributed by atoms with E-state index in [-0.39, 0.29) is 20.9 Å². The molecule has 2 heterocycles. The molecule has 0 spiro atoms. The molecule has 0 radical (unpaired) electrons. The molecule has 1 aliphatic rings. The molecule has 1 atom stereocenters. The van der Waals surface area contributed by atoms with Crippen molar-refractivity contribution in [3.8, 4) is 0 Å². The lowest BCUT2D eigenvalue weighted by Crippen LogP contribution is -2.36. The standard InChI is InChI=1S/C15H9F3N2O5S4/c16-15(17,18)7-2-1-3-8(6-7)20-13(21)11(28-14(20)27)12(26)19-9-4-5-10(25-9)29(22,23)24/h1-6,11H,(H,19,26)(H,22,23,24)/p-1. The average Bonchev–Trinajstić information content (AvgIpc) is 3.18. The van der Waals surface area contributed by atoms with E-state index >= 15 is 0 Å². The van der Waals surface area contributed by atoms with Crippen molar-refractivity contribution in [2.45, 2.75) is 16.5 Å². The van der Waals surface area contributed by atoms with Crippen LogP contribution in [-0.4, -0.2) is 33.4 Å². The van der Waals surface area contributed by atoms with Gasteiger partial charge in [0, 0.05) is 6.07 Å². The molecule has 1 aromatic heterocycles. The van der Waals surface area contributed by atoms with Gasteiger partial charge in [-0.1, -0.05) is 42.3 Å². The first kappa shape index (κ1) is 21.7. The maximum atomic E-state index is 12.9. The zero-order valence-corrected chi connectivity index (χ0v) is 17.1. The number of rotatable bonds is 4. The fraction of sp³-hybridized carbons (Fsp3) is 0.133. The van der Waals surface area contributed by atoms with Crippen molar-refractivity contribution in [1.82, 2.24) is 0 Å². The van der Waals surface area contributed by atoms with Crippen LogP contribution < -0.4 is 10.2 Å². The van der Waals surface area contributed by atoms with Crippen molar-refractivity contribution in [1.29, 1.82) is 0 Å². The van der Waals surface area contributed by atoms with Crippen LogP contribution in [-0.2, 0) is 21.1 Å². The van der Waals surface area contributed by atoms with Gasteiger partial charge < -0.3 is 14.3 Å². The third-order valence-electron chi connectivity index (χ3n) is 3.59. The molecule has 0 saturated carbocycles. The summed E-state index contributed by atoms with van der Waals surface area (Å²) in [4.78, 5) is 13.5. The molecule has 2 aromatic rings. The second kappa shape index (κ2) is 7.68. The van der Waals surface area contributed by atoms with Crippen LogP contribution in [0.3, 0.4) is 0 Å². The van der Waals surface area contributed by atoms with Gasteiger partial charge in [0.1, 0.15) is 14.6 Å². The molecule has 1 N–H and O–H groups in total. The molecule has 0 aliphatic carbocycles. The Kier molecular flexibility index (Phi) is 5.75. The van der Waals surface area contributed by atoms with Gasteiger partial charge in [-0.2, -0.15) is 13.2 Å². The number of carbonyl (C=O) groups is 1.